The monoisotopic (exact) mass is 364 g/mol. The third kappa shape index (κ3) is 3.12. The van der Waals surface area contributed by atoms with Crippen LogP contribution in [0.15, 0.2) is 24.4 Å². The summed E-state index contributed by atoms with van der Waals surface area (Å²) in [5.41, 5.74) is 8.15. The van der Waals surface area contributed by atoms with E-state index in [4.69, 9.17) is 11.0 Å². The molecule has 3 N–H and O–H groups in total. The van der Waals surface area contributed by atoms with Crippen LogP contribution in [0.1, 0.15) is 51.6 Å². The van der Waals surface area contributed by atoms with Crippen LogP contribution in [0.2, 0.25) is 0 Å². The van der Waals surface area contributed by atoms with Gasteiger partial charge >= 0.3 is 0 Å². The summed E-state index contributed by atoms with van der Waals surface area (Å²) in [4.78, 5) is 25.6. The maximum atomic E-state index is 12.0. The standard InChI is InChI=1S/C19H20N6O2/c1-24-9-12-8-13(4-5-14(12)19(24)27)22-18-15(17(21)26)10-25(23-18)16(6-7-20)11-2-3-11/h4-5,8,10-11,16H,2-3,6,9H2,1H3,(H2,21,26)(H,22,23). The number of benzene rings is 1. The molecule has 0 bridgehead atoms. The van der Waals surface area contributed by atoms with Crippen molar-refractivity contribution in [1.29, 1.82) is 5.26 Å². The predicted molar refractivity (Wildman–Crippen MR) is 98.3 cm³/mol. The molecule has 2 amide bonds. The number of nitrogens with one attached hydrogen (secondary N) is 1. The molecule has 0 radical (unpaired) electrons. The highest BCUT2D eigenvalue weighted by Crippen LogP contribution is 2.41. The van der Waals surface area contributed by atoms with Crippen molar-refractivity contribution in [2.75, 3.05) is 12.4 Å². The summed E-state index contributed by atoms with van der Waals surface area (Å²) < 4.78 is 1.69. The Kier molecular flexibility index (Phi) is 4.07. The highest BCUT2D eigenvalue weighted by Gasteiger charge is 2.34. The van der Waals surface area contributed by atoms with Crippen LogP contribution < -0.4 is 11.1 Å². The minimum Gasteiger partial charge on any atom is -0.365 e. The van der Waals surface area contributed by atoms with Crippen LogP contribution in [-0.2, 0) is 6.54 Å². The van der Waals surface area contributed by atoms with E-state index in [-0.39, 0.29) is 17.5 Å². The van der Waals surface area contributed by atoms with E-state index in [2.05, 4.69) is 16.5 Å². The molecule has 0 spiro atoms. The number of nitrogens with two attached hydrogens (primary N) is 1. The van der Waals surface area contributed by atoms with Crippen molar-refractivity contribution in [3.8, 4) is 6.07 Å². The normalized spacial score (nSPS) is 16.7. The van der Waals surface area contributed by atoms with Crippen molar-refractivity contribution in [2.45, 2.75) is 31.8 Å². The zero-order valence-corrected chi connectivity index (χ0v) is 15.0. The molecule has 1 aliphatic carbocycles. The van der Waals surface area contributed by atoms with Crippen LogP contribution in [0.25, 0.3) is 0 Å². The summed E-state index contributed by atoms with van der Waals surface area (Å²) in [5.74, 6) is 0.206. The molecule has 1 aliphatic heterocycles. The fourth-order valence-corrected chi connectivity index (χ4v) is 3.57. The molecule has 138 valence electrons. The van der Waals surface area contributed by atoms with E-state index in [0.717, 1.165) is 24.1 Å². The first-order valence-electron chi connectivity index (χ1n) is 8.89. The number of hydrogen-bond donors (Lipinski definition) is 2. The van der Waals surface area contributed by atoms with Crippen LogP contribution in [0.4, 0.5) is 11.5 Å². The van der Waals surface area contributed by atoms with E-state index in [1.165, 1.54) is 0 Å². The predicted octanol–water partition coefficient (Wildman–Crippen LogP) is 2.18. The number of primary amides is 1. The second kappa shape index (κ2) is 6.43. The van der Waals surface area contributed by atoms with Gasteiger partial charge in [-0.05, 0) is 42.5 Å². The molecule has 2 heterocycles. The second-order valence-electron chi connectivity index (χ2n) is 7.16. The van der Waals surface area contributed by atoms with Gasteiger partial charge in [-0.3, -0.25) is 14.3 Å². The van der Waals surface area contributed by atoms with E-state index in [1.54, 1.807) is 35.0 Å². The lowest BCUT2D eigenvalue weighted by molar-refractivity contribution is 0.0816. The molecular formula is C19H20N6O2. The number of nitriles is 1. The fraction of sp³-hybridized carbons (Fsp3) is 0.368. The molecule has 27 heavy (non-hydrogen) atoms. The van der Waals surface area contributed by atoms with E-state index in [1.807, 2.05) is 6.07 Å². The summed E-state index contributed by atoms with van der Waals surface area (Å²) in [6.07, 6.45) is 4.09. The molecule has 2 aliphatic rings. The lowest BCUT2D eigenvalue weighted by Gasteiger charge is -2.12. The van der Waals surface area contributed by atoms with E-state index >= 15 is 0 Å². The Bertz CT molecular complexity index is 969. The molecule has 1 fully saturated rings. The van der Waals surface area contributed by atoms with Gasteiger partial charge in [0.25, 0.3) is 11.8 Å². The third-order valence-corrected chi connectivity index (χ3v) is 5.16. The van der Waals surface area contributed by atoms with Gasteiger partial charge in [-0.1, -0.05) is 0 Å². The summed E-state index contributed by atoms with van der Waals surface area (Å²) in [6, 6.07) is 7.59. The van der Waals surface area contributed by atoms with Crippen LogP contribution in [-0.4, -0.2) is 33.5 Å². The Morgan fingerprint density at radius 1 is 1.48 bits per heavy atom. The van der Waals surface area contributed by atoms with Crippen molar-refractivity contribution < 1.29 is 9.59 Å². The average molecular weight is 364 g/mol. The SMILES string of the molecule is CN1Cc2cc(Nc3nn(C(CC#N)C4CC4)cc3C(N)=O)ccc2C1=O. The van der Waals surface area contributed by atoms with Gasteiger partial charge in [-0.25, -0.2) is 0 Å². The number of fused-ring (bicyclic) bond motifs is 1. The molecule has 0 saturated heterocycles. The van der Waals surface area contributed by atoms with Gasteiger partial charge in [0.05, 0.1) is 18.5 Å². The number of rotatable bonds is 6. The van der Waals surface area contributed by atoms with Gasteiger partial charge in [0, 0.05) is 31.0 Å². The first-order chi connectivity index (χ1) is 13.0. The van der Waals surface area contributed by atoms with Gasteiger partial charge < -0.3 is 16.0 Å². The zero-order chi connectivity index (χ0) is 19.1. The lowest BCUT2D eigenvalue weighted by Crippen LogP contribution is -2.17. The summed E-state index contributed by atoms with van der Waals surface area (Å²) in [5, 5.41) is 16.7. The smallest absolute Gasteiger partial charge is 0.254 e. The molecule has 1 aromatic carbocycles. The molecule has 2 aromatic rings. The zero-order valence-electron chi connectivity index (χ0n) is 15.0. The summed E-state index contributed by atoms with van der Waals surface area (Å²) in [7, 11) is 1.76. The Labute approximate surface area is 156 Å². The van der Waals surface area contributed by atoms with Crippen LogP contribution in [0.5, 0.6) is 0 Å². The Morgan fingerprint density at radius 2 is 2.26 bits per heavy atom. The van der Waals surface area contributed by atoms with Crippen LogP contribution in [0.3, 0.4) is 0 Å². The summed E-state index contributed by atoms with van der Waals surface area (Å²) in [6.45, 7) is 0.548. The number of amides is 2. The highest BCUT2D eigenvalue weighted by molar-refractivity contribution is 5.99. The largest absolute Gasteiger partial charge is 0.365 e. The maximum absolute atomic E-state index is 12.0. The lowest BCUT2D eigenvalue weighted by atomic mass is 10.1. The molecule has 8 nitrogen and oxygen atoms in total. The minimum absolute atomic E-state index is 0.00225. The first kappa shape index (κ1) is 17.1. The number of hydrogen-bond acceptors (Lipinski definition) is 5. The first-order valence-corrected chi connectivity index (χ1v) is 8.89. The van der Waals surface area contributed by atoms with Crippen molar-refractivity contribution in [1.82, 2.24) is 14.7 Å². The molecular weight excluding hydrogens is 344 g/mol. The fourth-order valence-electron chi connectivity index (χ4n) is 3.57. The van der Waals surface area contributed by atoms with Gasteiger partial charge in [0.15, 0.2) is 5.82 Å². The van der Waals surface area contributed by atoms with Gasteiger partial charge in [-0.15, -0.1) is 0 Å². The number of nitrogens with zero attached hydrogens (tertiary/aromatic N) is 4. The Morgan fingerprint density at radius 3 is 2.93 bits per heavy atom. The van der Waals surface area contributed by atoms with Gasteiger partial charge in [0.2, 0.25) is 0 Å². The van der Waals surface area contributed by atoms with Crippen molar-refractivity contribution in [3.05, 3.63) is 41.1 Å². The number of anilines is 2. The number of carbonyl (C=O) groups is 2. The van der Waals surface area contributed by atoms with Gasteiger partial charge in [-0.2, -0.15) is 10.4 Å². The minimum atomic E-state index is -0.577. The van der Waals surface area contributed by atoms with Crippen molar-refractivity contribution >= 4 is 23.3 Å². The van der Waals surface area contributed by atoms with Gasteiger partial charge in [0.1, 0.15) is 5.56 Å². The molecule has 8 heteroatoms. The molecule has 4 rings (SSSR count). The Balaban J connectivity index is 1.64. The highest BCUT2D eigenvalue weighted by atomic mass is 16.2. The maximum Gasteiger partial charge on any atom is 0.254 e. The van der Waals surface area contributed by atoms with E-state index in [0.29, 0.717) is 30.3 Å². The summed E-state index contributed by atoms with van der Waals surface area (Å²) >= 11 is 0. The van der Waals surface area contributed by atoms with E-state index < -0.39 is 5.91 Å². The van der Waals surface area contributed by atoms with Crippen LogP contribution in [0, 0.1) is 17.2 Å². The number of aromatic nitrogens is 2. The van der Waals surface area contributed by atoms with Crippen molar-refractivity contribution in [3.63, 3.8) is 0 Å². The molecule has 1 atom stereocenters. The van der Waals surface area contributed by atoms with Crippen molar-refractivity contribution in [2.24, 2.45) is 11.7 Å². The number of carbonyl (C=O) groups excluding carboxylic acids is 2. The second-order valence-corrected chi connectivity index (χ2v) is 7.16. The Hall–Kier alpha value is -3.34. The molecule has 1 saturated carbocycles. The average Bonchev–Trinajstić information content (AvgIpc) is 3.32. The molecule has 1 unspecified atom stereocenters. The van der Waals surface area contributed by atoms with Crippen LogP contribution >= 0.6 is 0 Å². The van der Waals surface area contributed by atoms with E-state index in [9.17, 15) is 9.59 Å². The molecule has 1 aromatic heterocycles. The topological polar surface area (TPSA) is 117 Å². The quantitative estimate of drug-likeness (QED) is 0.815. The third-order valence-electron chi connectivity index (χ3n) is 5.16.